The Morgan fingerprint density at radius 3 is 1.56 bits per heavy atom. The summed E-state index contributed by atoms with van der Waals surface area (Å²) >= 11 is 0. The summed E-state index contributed by atoms with van der Waals surface area (Å²) in [5.41, 5.74) is 21.1. The molecule has 11 aromatic carbocycles. The Balaban J connectivity index is 0.980. The van der Waals surface area contributed by atoms with Crippen LogP contribution < -0.4 is 0 Å². The molecule has 15 rings (SSSR count). The maximum Gasteiger partial charge on any atom is 0.160 e. The molecule has 68 heavy (non-hydrogen) atoms. The minimum absolute atomic E-state index is 0.562. The molecule has 2 aliphatic rings. The zero-order valence-electron chi connectivity index (χ0n) is 36.7. The monoisotopic (exact) mass is 862 g/mol. The van der Waals surface area contributed by atoms with Crippen LogP contribution in [0.1, 0.15) is 22.3 Å². The highest BCUT2D eigenvalue weighted by Crippen LogP contribution is 2.64. The second kappa shape index (κ2) is 14.0. The molecule has 2 aliphatic carbocycles. The van der Waals surface area contributed by atoms with Crippen molar-refractivity contribution in [1.82, 2.24) is 9.97 Å². The van der Waals surface area contributed by atoms with Crippen LogP contribution in [0.3, 0.4) is 0 Å². The Bertz CT molecular complexity index is 4160. The first kappa shape index (κ1) is 37.3. The van der Waals surface area contributed by atoms with Crippen molar-refractivity contribution >= 4 is 43.5 Å². The molecule has 0 saturated heterocycles. The van der Waals surface area contributed by atoms with Gasteiger partial charge in [0.25, 0.3) is 0 Å². The van der Waals surface area contributed by atoms with E-state index in [1.807, 2.05) is 6.07 Å². The Morgan fingerprint density at radius 2 is 0.838 bits per heavy atom. The van der Waals surface area contributed by atoms with Crippen molar-refractivity contribution in [3.63, 3.8) is 0 Å². The van der Waals surface area contributed by atoms with Crippen LogP contribution in [-0.4, -0.2) is 9.97 Å². The van der Waals surface area contributed by atoms with Gasteiger partial charge in [0.15, 0.2) is 5.82 Å². The van der Waals surface area contributed by atoms with Crippen LogP contribution in [0.2, 0.25) is 0 Å². The van der Waals surface area contributed by atoms with Crippen LogP contribution in [0.5, 0.6) is 0 Å². The van der Waals surface area contributed by atoms with Crippen LogP contribution in [-0.2, 0) is 5.41 Å². The quantitative estimate of drug-likeness (QED) is 0.162. The molecule has 0 fully saturated rings. The lowest BCUT2D eigenvalue weighted by atomic mass is 9.70. The number of hydrogen-bond donors (Lipinski definition) is 0. The second-order valence-corrected chi connectivity index (χ2v) is 18.3. The highest BCUT2D eigenvalue weighted by Gasteiger charge is 2.52. The fourth-order valence-electron chi connectivity index (χ4n) is 12.0. The molecule has 0 radical (unpaired) electrons. The van der Waals surface area contributed by atoms with E-state index in [9.17, 15) is 0 Å². The minimum atomic E-state index is -0.562. The third-order valence-corrected chi connectivity index (χ3v) is 14.9. The van der Waals surface area contributed by atoms with Gasteiger partial charge < -0.3 is 4.42 Å². The Kier molecular flexibility index (Phi) is 7.71. The van der Waals surface area contributed by atoms with Crippen LogP contribution in [0.15, 0.2) is 235 Å². The van der Waals surface area contributed by atoms with Crippen molar-refractivity contribution in [3.05, 3.63) is 253 Å². The molecule has 3 heteroatoms. The smallest absolute Gasteiger partial charge is 0.160 e. The summed E-state index contributed by atoms with van der Waals surface area (Å²) in [6.07, 6.45) is 0. The van der Waals surface area contributed by atoms with Gasteiger partial charge in [0, 0.05) is 27.5 Å². The molecule has 2 heterocycles. The summed E-state index contributed by atoms with van der Waals surface area (Å²) in [4.78, 5) is 10.7. The van der Waals surface area contributed by atoms with Crippen molar-refractivity contribution in [2.75, 3.05) is 0 Å². The van der Waals surface area contributed by atoms with E-state index in [0.717, 1.165) is 44.8 Å². The minimum Gasteiger partial charge on any atom is -0.456 e. The topological polar surface area (TPSA) is 38.9 Å². The molecule has 0 saturated carbocycles. The third-order valence-electron chi connectivity index (χ3n) is 14.9. The molecular weight excluding hydrogens is 825 g/mol. The summed E-state index contributed by atoms with van der Waals surface area (Å²) in [5, 5.41) is 7.31. The van der Waals surface area contributed by atoms with Crippen LogP contribution >= 0.6 is 0 Å². The number of fused-ring (bicyclic) bond motifs is 13. The highest BCUT2D eigenvalue weighted by molar-refractivity contribution is 6.33. The first-order valence-corrected chi connectivity index (χ1v) is 23.4. The van der Waals surface area contributed by atoms with Gasteiger partial charge in [-0.2, -0.15) is 0 Å². The van der Waals surface area contributed by atoms with Gasteiger partial charge >= 0.3 is 0 Å². The van der Waals surface area contributed by atoms with Crippen molar-refractivity contribution in [3.8, 4) is 78.4 Å². The molecule has 3 nitrogen and oxygen atoms in total. The molecule has 0 amide bonds. The van der Waals surface area contributed by atoms with Gasteiger partial charge in [-0.1, -0.05) is 194 Å². The molecule has 0 N–H and O–H groups in total. The number of benzene rings is 11. The van der Waals surface area contributed by atoms with Gasteiger partial charge in [0.1, 0.15) is 11.2 Å². The largest absolute Gasteiger partial charge is 0.456 e. The summed E-state index contributed by atoms with van der Waals surface area (Å²) in [6.45, 7) is 0. The van der Waals surface area contributed by atoms with Gasteiger partial charge in [0.05, 0.1) is 16.8 Å². The van der Waals surface area contributed by atoms with Crippen molar-refractivity contribution < 1.29 is 4.42 Å². The van der Waals surface area contributed by atoms with Gasteiger partial charge in [-0.25, -0.2) is 9.97 Å². The van der Waals surface area contributed by atoms with Crippen LogP contribution in [0.25, 0.3) is 122 Å². The molecule has 1 spiro atoms. The van der Waals surface area contributed by atoms with E-state index >= 15 is 0 Å². The summed E-state index contributed by atoms with van der Waals surface area (Å²) in [5.74, 6) is 0.697. The first-order chi connectivity index (χ1) is 33.7. The SMILES string of the molecule is c1ccc(-c2cccc(-c3cc(-c4ccc5c(c4)C4(c6ccccc6-c6ccccc64)c4cccc(-c6ccc7c(c6)c6cccc8oc9cccc7c9c86)c4-5)nc(-c4ccccc4)n3)c2)cc1. The average molecular weight is 863 g/mol. The van der Waals surface area contributed by atoms with Crippen LogP contribution in [0, 0.1) is 0 Å². The normalized spacial score (nSPS) is 13.1. The Morgan fingerprint density at radius 1 is 0.294 bits per heavy atom. The number of furan rings is 1. The number of aromatic nitrogens is 2. The molecular formula is C65H38N2O. The molecule has 0 atom stereocenters. The van der Waals surface area contributed by atoms with E-state index in [4.69, 9.17) is 14.4 Å². The maximum absolute atomic E-state index is 6.42. The maximum atomic E-state index is 6.42. The van der Waals surface area contributed by atoms with Crippen molar-refractivity contribution in [2.24, 2.45) is 0 Å². The fraction of sp³-hybridized carbons (Fsp3) is 0.0154. The van der Waals surface area contributed by atoms with E-state index in [1.165, 1.54) is 93.5 Å². The van der Waals surface area contributed by atoms with E-state index in [-0.39, 0.29) is 0 Å². The standard InChI is InChI=1S/C65H38N2O/c1-3-15-39(16-4-1)41-19-11-20-43(35-41)57-38-58(67-64(66-57)40-17-5-2-6-18-40)44-32-34-51-56(37-44)65(53-26-9-7-21-47(53)48-22-8-10-27-54(48)65)55-28-12-23-45(61(51)55)42-31-33-46-49-24-13-29-59-62(49)63-50(52(46)36-42)25-14-30-60(63)68-59/h1-38H. The first-order valence-electron chi connectivity index (χ1n) is 23.4. The van der Waals surface area contributed by atoms with Gasteiger partial charge in [0.2, 0.25) is 0 Å². The predicted molar refractivity (Wildman–Crippen MR) is 279 cm³/mol. The lowest BCUT2D eigenvalue weighted by molar-refractivity contribution is 0.669. The zero-order valence-corrected chi connectivity index (χ0v) is 36.7. The lowest BCUT2D eigenvalue weighted by Crippen LogP contribution is -2.25. The Labute approximate surface area is 392 Å². The fourth-order valence-corrected chi connectivity index (χ4v) is 12.0. The number of nitrogens with zero attached hydrogens (tertiary/aromatic N) is 2. The average Bonchev–Trinajstić information content (AvgIpc) is 4.05. The summed E-state index contributed by atoms with van der Waals surface area (Å²) < 4.78 is 6.42. The molecule has 314 valence electrons. The molecule has 13 aromatic rings. The van der Waals surface area contributed by atoms with Crippen LogP contribution in [0.4, 0.5) is 0 Å². The van der Waals surface area contributed by atoms with Gasteiger partial charge in [-0.3, -0.25) is 0 Å². The van der Waals surface area contributed by atoms with Crippen molar-refractivity contribution in [2.45, 2.75) is 5.41 Å². The second-order valence-electron chi connectivity index (χ2n) is 18.3. The molecule has 0 aliphatic heterocycles. The van der Waals surface area contributed by atoms with Gasteiger partial charge in [-0.15, -0.1) is 0 Å². The summed E-state index contributed by atoms with van der Waals surface area (Å²) in [7, 11) is 0. The van der Waals surface area contributed by atoms with E-state index in [2.05, 4.69) is 224 Å². The molecule has 0 unspecified atom stereocenters. The molecule has 0 bridgehead atoms. The number of hydrogen-bond acceptors (Lipinski definition) is 3. The summed E-state index contributed by atoms with van der Waals surface area (Å²) in [6, 6.07) is 83.9. The van der Waals surface area contributed by atoms with E-state index in [1.54, 1.807) is 0 Å². The van der Waals surface area contributed by atoms with E-state index in [0.29, 0.717) is 5.82 Å². The van der Waals surface area contributed by atoms with Crippen molar-refractivity contribution in [1.29, 1.82) is 0 Å². The zero-order chi connectivity index (χ0) is 44.5. The third kappa shape index (κ3) is 5.13. The number of rotatable bonds is 5. The van der Waals surface area contributed by atoms with E-state index < -0.39 is 5.41 Å². The Hall–Kier alpha value is -8.92. The molecule has 2 aromatic heterocycles. The predicted octanol–water partition coefficient (Wildman–Crippen LogP) is 16.8. The highest BCUT2D eigenvalue weighted by atomic mass is 16.3. The van der Waals surface area contributed by atoms with Gasteiger partial charge in [-0.05, 0) is 125 Å². The lowest BCUT2D eigenvalue weighted by Gasteiger charge is -2.31.